The van der Waals surface area contributed by atoms with Crippen LogP contribution in [-0.4, -0.2) is 10.9 Å². The SMILES string of the molecule is O=C(Nc1cccnc1)c1ccc2occc2c1. The quantitative estimate of drug-likeness (QED) is 0.746. The molecule has 1 N–H and O–H groups in total. The van der Waals surface area contributed by atoms with Crippen molar-refractivity contribution >= 4 is 22.6 Å². The van der Waals surface area contributed by atoms with Crippen molar-refractivity contribution in [2.75, 3.05) is 5.32 Å². The molecule has 0 aliphatic carbocycles. The monoisotopic (exact) mass is 238 g/mol. The standard InChI is InChI=1S/C14H10N2O2/c17-14(16-12-2-1-6-15-9-12)11-3-4-13-10(8-11)5-7-18-13/h1-9H,(H,16,17). The molecule has 0 atom stereocenters. The van der Waals surface area contributed by atoms with E-state index in [1.54, 1.807) is 49.0 Å². The number of hydrogen-bond acceptors (Lipinski definition) is 3. The van der Waals surface area contributed by atoms with Crippen LogP contribution >= 0.6 is 0 Å². The smallest absolute Gasteiger partial charge is 0.255 e. The molecule has 0 radical (unpaired) electrons. The third kappa shape index (κ3) is 1.96. The van der Waals surface area contributed by atoms with E-state index in [4.69, 9.17) is 4.42 Å². The average Bonchev–Trinajstić information content (AvgIpc) is 2.87. The molecule has 0 fully saturated rings. The molecule has 0 bridgehead atoms. The van der Waals surface area contributed by atoms with Crippen molar-refractivity contribution in [1.82, 2.24) is 4.98 Å². The summed E-state index contributed by atoms with van der Waals surface area (Å²) < 4.78 is 5.23. The zero-order valence-corrected chi connectivity index (χ0v) is 9.46. The number of pyridine rings is 1. The summed E-state index contributed by atoms with van der Waals surface area (Å²) in [6.45, 7) is 0. The van der Waals surface area contributed by atoms with E-state index >= 15 is 0 Å². The lowest BCUT2D eigenvalue weighted by Gasteiger charge is -2.04. The number of amides is 1. The number of fused-ring (bicyclic) bond motifs is 1. The van der Waals surface area contributed by atoms with E-state index in [0.29, 0.717) is 11.3 Å². The maximum absolute atomic E-state index is 12.0. The molecule has 1 amide bonds. The van der Waals surface area contributed by atoms with E-state index in [1.807, 2.05) is 6.07 Å². The summed E-state index contributed by atoms with van der Waals surface area (Å²) in [5.41, 5.74) is 2.04. The molecule has 0 saturated heterocycles. The summed E-state index contributed by atoms with van der Waals surface area (Å²) in [7, 11) is 0. The van der Waals surface area contributed by atoms with Gasteiger partial charge in [0.1, 0.15) is 5.58 Å². The average molecular weight is 238 g/mol. The predicted molar refractivity (Wildman–Crippen MR) is 68.4 cm³/mol. The van der Waals surface area contributed by atoms with Crippen molar-refractivity contribution in [2.45, 2.75) is 0 Å². The van der Waals surface area contributed by atoms with Gasteiger partial charge in [0.2, 0.25) is 0 Å². The number of anilines is 1. The summed E-state index contributed by atoms with van der Waals surface area (Å²) in [4.78, 5) is 16.0. The summed E-state index contributed by atoms with van der Waals surface area (Å²) in [6, 6.07) is 10.7. The Hall–Kier alpha value is -2.62. The van der Waals surface area contributed by atoms with Gasteiger partial charge in [-0.25, -0.2) is 0 Å². The van der Waals surface area contributed by atoms with E-state index in [2.05, 4.69) is 10.3 Å². The minimum atomic E-state index is -0.161. The Morgan fingerprint density at radius 3 is 3.00 bits per heavy atom. The molecule has 1 aromatic carbocycles. The summed E-state index contributed by atoms with van der Waals surface area (Å²) in [6.07, 6.45) is 4.87. The number of furan rings is 1. The van der Waals surface area contributed by atoms with Gasteiger partial charge in [0.05, 0.1) is 18.1 Å². The molecule has 2 aromatic heterocycles. The Morgan fingerprint density at radius 2 is 2.17 bits per heavy atom. The van der Waals surface area contributed by atoms with E-state index in [9.17, 15) is 4.79 Å². The molecule has 0 aliphatic heterocycles. The fraction of sp³-hybridized carbons (Fsp3) is 0. The van der Waals surface area contributed by atoms with Crippen molar-refractivity contribution in [3.63, 3.8) is 0 Å². The van der Waals surface area contributed by atoms with Crippen LogP contribution in [0.5, 0.6) is 0 Å². The second kappa shape index (κ2) is 4.33. The number of nitrogens with one attached hydrogen (secondary N) is 1. The van der Waals surface area contributed by atoms with Gasteiger partial charge in [0.25, 0.3) is 5.91 Å². The molecule has 0 spiro atoms. The first-order chi connectivity index (χ1) is 8.83. The molecular formula is C14H10N2O2. The fourth-order valence-electron chi connectivity index (χ4n) is 1.75. The number of rotatable bonds is 2. The summed E-state index contributed by atoms with van der Waals surface area (Å²) in [5.74, 6) is -0.161. The van der Waals surface area contributed by atoms with Crippen LogP contribution in [0.15, 0.2) is 59.5 Å². The van der Waals surface area contributed by atoms with Crippen molar-refractivity contribution in [1.29, 1.82) is 0 Å². The molecule has 2 heterocycles. The van der Waals surface area contributed by atoms with Crippen molar-refractivity contribution in [3.05, 3.63) is 60.6 Å². The molecule has 4 heteroatoms. The molecule has 3 rings (SSSR count). The van der Waals surface area contributed by atoms with Crippen LogP contribution in [0.4, 0.5) is 5.69 Å². The first-order valence-electron chi connectivity index (χ1n) is 5.51. The molecular weight excluding hydrogens is 228 g/mol. The van der Waals surface area contributed by atoms with Gasteiger partial charge >= 0.3 is 0 Å². The van der Waals surface area contributed by atoms with Crippen LogP contribution < -0.4 is 5.32 Å². The molecule has 0 unspecified atom stereocenters. The highest BCUT2D eigenvalue weighted by atomic mass is 16.3. The van der Waals surface area contributed by atoms with Gasteiger partial charge in [0, 0.05) is 17.1 Å². The van der Waals surface area contributed by atoms with E-state index in [-0.39, 0.29) is 5.91 Å². The van der Waals surface area contributed by atoms with Crippen molar-refractivity contribution < 1.29 is 9.21 Å². The van der Waals surface area contributed by atoms with Crippen LogP contribution in [0.3, 0.4) is 0 Å². The van der Waals surface area contributed by atoms with Crippen molar-refractivity contribution in [3.8, 4) is 0 Å². The Balaban J connectivity index is 1.87. The lowest BCUT2D eigenvalue weighted by molar-refractivity contribution is 0.102. The van der Waals surface area contributed by atoms with Gasteiger partial charge in [-0.05, 0) is 36.4 Å². The zero-order chi connectivity index (χ0) is 12.4. The highest BCUT2D eigenvalue weighted by molar-refractivity contribution is 6.06. The minimum absolute atomic E-state index is 0.161. The van der Waals surface area contributed by atoms with E-state index < -0.39 is 0 Å². The third-order valence-electron chi connectivity index (χ3n) is 2.63. The van der Waals surface area contributed by atoms with Crippen molar-refractivity contribution in [2.24, 2.45) is 0 Å². The molecule has 18 heavy (non-hydrogen) atoms. The van der Waals surface area contributed by atoms with Crippen LogP contribution in [-0.2, 0) is 0 Å². The molecule has 88 valence electrons. The number of carbonyl (C=O) groups is 1. The first kappa shape index (κ1) is 10.5. The first-order valence-corrected chi connectivity index (χ1v) is 5.51. The summed E-state index contributed by atoms with van der Waals surface area (Å²) >= 11 is 0. The van der Waals surface area contributed by atoms with Gasteiger partial charge in [-0.1, -0.05) is 0 Å². The third-order valence-corrected chi connectivity index (χ3v) is 2.63. The zero-order valence-electron chi connectivity index (χ0n) is 9.46. The Kier molecular flexibility index (Phi) is 2.53. The maximum atomic E-state index is 12.0. The van der Waals surface area contributed by atoms with Gasteiger partial charge in [-0.15, -0.1) is 0 Å². The lowest BCUT2D eigenvalue weighted by Crippen LogP contribution is -2.11. The Bertz CT molecular complexity index is 689. The number of benzene rings is 1. The van der Waals surface area contributed by atoms with E-state index in [1.165, 1.54) is 0 Å². The highest BCUT2D eigenvalue weighted by Gasteiger charge is 2.07. The largest absolute Gasteiger partial charge is 0.464 e. The second-order valence-electron chi connectivity index (χ2n) is 3.87. The molecule has 0 saturated carbocycles. The van der Waals surface area contributed by atoms with Crippen LogP contribution in [0, 0.1) is 0 Å². The summed E-state index contributed by atoms with van der Waals surface area (Å²) in [5, 5.41) is 3.69. The fourth-order valence-corrected chi connectivity index (χ4v) is 1.75. The maximum Gasteiger partial charge on any atom is 0.255 e. The van der Waals surface area contributed by atoms with Crippen LogP contribution in [0.2, 0.25) is 0 Å². The normalized spacial score (nSPS) is 10.4. The number of carbonyl (C=O) groups excluding carboxylic acids is 1. The lowest BCUT2D eigenvalue weighted by atomic mass is 10.1. The van der Waals surface area contributed by atoms with Crippen LogP contribution in [0.1, 0.15) is 10.4 Å². The second-order valence-corrected chi connectivity index (χ2v) is 3.87. The number of hydrogen-bond donors (Lipinski definition) is 1. The molecule has 0 aliphatic rings. The Morgan fingerprint density at radius 1 is 1.22 bits per heavy atom. The minimum Gasteiger partial charge on any atom is -0.464 e. The molecule has 3 aromatic rings. The van der Waals surface area contributed by atoms with E-state index in [0.717, 1.165) is 11.0 Å². The van der Waals surface area contributed by atoms with Crippen LogP contribution in [0.25, 0.3) is 11.0 Å². The predicted octanol–water partition coefficient (Wildman–Crippen LogP) is 3.08. The topological polar surface area (TPSA) is 55.1 Å². The van der Waals surface area contributed by atoms with Gasteiger partial charge in [-0.2, -0.15) is 0 Å². The van der Waals surface area contributed by atoms with Gasteiger partial charge in [0.15, 0.2) is 0 Å². The number of aromatic nitrogens is 1. The van der Waals surface area contributed by atoms with Gasteiger partial charge < -0.3 is 9.73 Å². The highest BCUT2D eigenvalue weighted by Crippen LogP contribution is 2.17. The van der Waals surface area contributed by atoms with Gasteiger partial charge in [-0.3, -0.25) is 9.78 Å². The molecule has 4 nitrogen and oxygen atoms in total. The number of nitrogens with zero attached hydrogens (tertiary/aromatic N) is 1. The Labute approximate surface area is 103 Å².